The normalized spacial score (nSPS) is 19.6. The van der Waals surface area contributed by atoms with Gasteiger partial charge in [-0.15, -0.1) is 0 Å². The fraction of sp³-hybridized carbons (Fsp3) is 0.455. The summed E-state index contributed by atoms with van der Waals surface area (Å²) in [6, 6.07) is 15.8. The van der Waals surface area contributed by atoms with Crippen molar-refractivity contribution in [3.05, 3.63) is 71.4 Å². The van der Waals surface area contributed by atoms with Gasteiger partial charge < -0.3 is 10.6 Å². The van der Waals surface area contributed by atoms with Crippen LogP contribution in [-0.4, -0.2) is 64.3 Å². The van der Waals surface area contributed by atoms with E-state index >= 15 is 0 Å². The zero-order chi connectivity index (χ0) is 28.9. The van der Waals surface area contributed by atoms with Crippen molar-refractivity contribution in [3.63, 3.8) is 0 Å². The van der Waals surface area contributed by atoms with Gasteiger partial charge in [-0.2, -0.15) is 5.10 Å². The highest BCUT2D eigenvalue weighted by Crippen LogP contribution is 2.27. The zero-order valence-electron chi connectivity index (χ0n) is 24.6. The minimum absolute atomic E-state index is 0.0574. The molecule has 5 rings (SSSR count). The molecule has 0 saturated carbocycles. The molecule has 2 aromatic carbocycles. The van der Waals surface area contributed by atoms with Crippen molar-refractivity contribution in [3.8, 4) is 0 Å². The number of likely N-dealkylation sites (tertiary alicyclic amines) is 1. The molecule has 0 spiro atoms. The fourth-order valence-corrected chi connectivity index (χ4v) is 6.17. The predicted molar refractivity (Wildman–Crippen MR) is 165 cm³/mol. The summed E-state index contributed by atoms with van der Waals surface area (Å²) in [5.41, 5.74) is 4.66. The van der Waals surface area contributed by atoms with Crippen LogP contribution >= 0.6 is 0 Å². The van der Waals surface area contributed by atoms with Crippen LogP contribution in [0.3, 0.4) is 0 Å². The van der Waals surface area contributed by atoms with Crippen LogP contribution < -0.4 is 10.6 Å². The average molecular weight is 555 g/mol. The number of nitrogens with one attached hydrogen (secondary N) is 3. The van der Waals surface area contributed by atoms with Crippen molar-refractivity contribution < 1.29 is 9.59 Å². The molecule has 3 aromatic rings. The molecule has 2 aliphatic rings. The van der Waals surface area contributed by atoms with E-state index in [1.807, 2.05) is 48.7 Å². The second kappa shape index (κ2) is 12.8. The molecule has 0 aliphatic carbocycles. The summed E-state index contributed by atoms with van der Waals surface area (Å²) in [6.07, 6.45) is 6.07. The Hall–Kier alpha value is -3.78. The maximum Gasteiger partial charge on any atom is 0.251 e. The van der Waals surface area contributed by atoms with Crippen molar-refractivity contribution in [2.75, 3.05) is 13.1 Å². The van der Waals surface area contributed by atoms with Crippen LogP contribution in [0, 0.1) is 11.8 Å². The van der Waals surface area contributed by atoms with Gasteiger partial charge in [-0.3, -0.25) is 24.6 Å². The third kappa shape index (κ3) is 6.76. The van der Waals surface area contributed by atoms with E-state index in [2.05, 4.69) is 70.6 Å². The SMILES string of the molecule is CC(C)C(NC(=O)C1CCC(NC(=O)c2ccc3[nH]nc(C4=CC=NCC4)c3c2)CN1Cc1ccccc1)C(C)C. The number of nitrogens with zero attached hydrogens (tertiary/aromatic N) is 3. The summed E-state index contributed by atoms with van der Waals surface area (Å²) >= 11 is 0. The summed E-state index contributed by atoms with van der Waals surface area (Å²) in [7, 11) is 0. The lowest BCUT2D eigenvalue weighted by Gasteiger charge is -2.40. The predicted octanol–water partition coefficient (Wildman–Crippen LogP) is 4.98. The lowest BCUT2D eigenvalue weighted by Crippen LogP contribution is -2.58. The molecule has 3 N–H and O–H groups in total. The molecule has 41 heavy (non-hydrogen) atoms. The number of hydrogen-bond acceptors (Lipinski definition) is 5. The maximum atomic E-state index is 13.6. The van der Waals surface area contributed by atoms with Crippen LogP contribution in [0.2, 0.25) is 0 Å². The van der Waals surface area contributed by atoms with E-state index in [-0.39, 0.29) is 29.9 Å². The second-order valence-electron chi connectivity index (χ2n) is 12.0. The molecule has 2 atom stereocenters. The summed E-state index contributed by atoms with van der Waals surface area (Å²) in [4.78, 5) is 33.5. The largest absolute Gasteiger partial charge is 0.351 e. The van der Waals surface area contributed by atoms with Gasteiger partial charge in [0.1, 0.15) is 0 Å². The minimum Gasteiger partial charge on any atom is -0.351 e. The Morgan fingerprint density at radius 1 is 1.05 bits per heavy atom. The van der Waals surface area contributed by atoms with Crippen LogP contribution in [0.5, 0.6) is 0 Å². The first-order valence-electron chi connectivity index (χ1n) is 14.9. The van der Waals surface area contributed by atoms with Gasteiger partial charge in [-0.25, -0.2) is 0 Å². The smallest absolute Gasteiger partial charge is 0.251 e. The number of dihydropyridines is 1. The number of amides is 2. The number of hydrogen-bond donors (Lipinski definition) is 3. The molecule has 3 heterocycles. The number of aliphatic imine (C=N–C) groups is 1. The highest BCUT2D eigenvalue weighted by atomic mass is 16.2. The number of piperidine rings is 1. The Morgan fingerprint density at radius 2 is 1.83 bits per heavy atom. The Balaban J connectivity index is 1.31. The first kappa shape index (κ1) is 28.7. The van der Waals surface area contributed by atoms with Gasteiger partial charge in [-0.1, -0.05) is 58.0 Å². The molecule has 2 aliphatic heterocycles. The van der Waals surface area contributed by atoms with E-state index in [0.29, 0.717) is 36.9 Å². The number of H-pyrrole nitrogens is 1. The lowest BCUT2D eigenvalue weighted by molar-refractivity contribution is -0.129. The number of allylic oxidation sites excluding steroid dienone is 1. The fourth-order valence-electron chi connectivity index (χ4n) is 6.17. The summed E-state index contributed by atoms with van der Waals surface area (Å²) in [5.74, 6) is 0.684. The van der Waals surface area contributed by atoms with E-state index in [0.717, 1.165) is 47.1 Å². The number of rotatable bonds is 9. The number of benzene rings is 2. The van der Waals surface area contributed by atoms with Crippen molar-refractivity contribution in [2.45, 2.75) is 71.6 Å². The van der Waals surface area contributed by atoms with Gasteiger partial charge in [0.15, 0.2) is 0 Å². The second-order valence-corrected chi connectivity index (χ2v) is 12.0. The first-order chi connectivity index (χ1) is 19.8. The van der Waals surface area contributed by atoms with Crippen LogP contribution in [0.15, 0.2) is 59.6 Å². The number of fused-ring (bicyclic) bond motifs is 1. The first-order valence-corrected chi connectivity index (χ1v) is 14.9. The summed E-state index contributed by atoms with van der Waals surface area (Å²) < 4.78 is 0. The summed E-state index contributed by atoms with van der Waals surface area (Å²) in [6.45, 7) is 10.6. The van der Waals surface area contributed by atoms with Gasteiger partial charge in [0.05, 0.1) is 17.3 Å². The monoisotopic (exact) mass is 554 g/mol. The van der Waals surface area contributed by atoms with Gasteiger partial charge in [0, 0.05) is 48.9 Å². The molecule has 0 bridgehead atoms. The maximum absolute atomic E-state index is 13.6. The molecular weight excluding hydrogens is 512 g/mol. The van der Waals surface area contributed by atoms with E-state index in [9.17, 15) is 9.59 Å². The zero-order valence-corrected chi connectivity index (χ0v) is 24.6. The molecule has 1 saturated heterocycles. The Morgan fingerprint density at radius 3 is 2.54 bits per heavy atom. The average Bonchev–Trinajstić information content (AvgIpc) is 3.40. The standard InChI is InChI=1S/C33H42N6O2/c1-21(2)30(22(3)4)36-33(41)29-13-11-26(20-39(29)19-23-8-6-5-7-9-23)35-32(40)25-10-12-28-27(18-25)31(38-37-28)24-14-16-34-17-15-24/h5-10,12,14,16,18,21-22,26,29-30H,11,13,15,17,19-20H2,1-4H3,(H,35,40)(H,36,41)(H,37,38). The molecule has 1 fully saturated rings. The van der Waals surface area contributed by atoms with Crippen LogP contribution in [-0.2, 0) is 11.3 Å². The molecule has 8 nitrogen and oxygen atoms in total. The number of aromatic amines is 1. The number of aromatic nitrogens is 2. The van der Waals surface area contributed by atoms with Crippen LogP contribution in [0.4, 0.5) is 0 Å². The Labute approximate surface area is 242 Å². The van der Waals surface area contributed by atoms with Gasteiger partial charge in [0.2, 0.25) is 5.91 Å². The van der Waals surface area contributed by atoms with E-state index in [1.165, 1.54) is 0 Å². The molecular formula is C33H42N6O2. The minimum atomic E-state index is -0.236. The molecule has 216 valence electrons. The van der Waals surface area contributed by atoms with E-state index < -0.39 is 0 Å². The molecule has 2 unspecified atom stereocenters. The third-order valence-electron chi connectivity index (χ3n) is 8.32. The summed E-state index contributed by atoms with van der Waals surface area (Å²) in [5, 5.41) is 15.2. The van der Waals surface area contributed by atoms with Crippen molar-refractivity contribution in [1.82, 2.24) is 25.7 Å². The van der Waals surface area contributed by atoms with E-state index in [1.54, 1.807) is 0 Å². The van der Waals surface area contributed by atoms with Crippen LogP contribution in [0.25, 0.3) is 16.5 Å². The number of carbonyl (C=O) groups is 2. The van der Waals surface area contributed by atoms with Crippen molar-refractivity contribution in [1.29, 1.82) is 0 Å². The third-order valence-corrected chi connectivity index (χ3v) is 8.32. The van der Waals surface area contributed by atoms with Gasteiger partial charge in [-0.05, 0) is 66.5 Å². The Bertz CT molecular complexity index is 1420. The highest BCUT2D eigenvalue weighted by Gasteiger charge is 2.35. The number of carbonyl (C=O) groups excluding carboxylic acids is 2. The quantitative estimate of drug-likeness (QED) is 0.347. The van der Waals surface area contributed by atoms with Gasteiger partial charge in [0.25, 0.3) is 5.91 Å². The Kier molecular flexibility index (Phi) is 8.98. The lowest BCUT2D eigenvalue weighted by atomic mass is 9.91. The van der Waals surface area contributed by atoms with E-state index in [4.69, 9.17) is 0 Å². The van der Waals surface area contributed by atoms with Crippen molar-refractivity contribution >= 4 is 34.5 Å². The highest BCUT2D eigenvalue weighted by molar-refractivity contribution is 6.01. The van der Waals surface area contributed by atoms with Gasteiger partial charge >= 0.3 is 0 Å². The topological polar surface area (TPSA) is 102 Å². The van der Waals surface area contributed by atoms with Crippen molar-refractivity contribution in [2.24, 2.45) is 16.8 Å². The van der Waals surface area contributed by atoms with Crippen LogP contribution in [0.1, 0.15) is 68.6 Å². The molecule has 2 amide bonds. The molecule has 1 aromatic heterocycles. The molecule has 8 heteroatoms. The molecule has 0 radical (unpaired) electrons.